The summed E-state index contributed by atoms with van der Waals surface area (Å²) in [5.41, 5.74) is 4.96. The summed E-state index contributed by atoms with van der Waals surface area (Å²) in [6.07, 6.45) is 2.13. The molecule has 0 amide bonds. The van der Waals surface area contributed by atoms with Gasteiger partial charge in [-0.25, -0.2) is 0 Å². The molecule has 2 atom stereocenters. The number of para-hydroxylation sites is 1. The Morgan fingerprint density at radius 1 is 0.889 bits per heavy atom. The number of hydrogen-bond acceptors (Lipinski definition) is 3. The molecule has 0 fully saturated rings. The summed E-state index contributed by atoms with van der Waals surface area (Å²) in [6, 6.07) is 26.7. The standard InChI is InChI=1S/C23H20N2O2/c1-17(25(26)27)23-21-15-9-8-12-19(21)16-22(18-10-4-2-5-11-18)24(23)20-13-6-3-7-14-20/h2-17,23H,1H3. The maximum absolute atomic E-state index is 11.8. The number of hydrogen-bond donors (Lipinski definition) is 0. The third-order valence-electron chi connectivity index (χ3n) is 5.04. The Kier molecular flexibility index (Phi) is 4.47. The van der Waals surface area contributed by atoms with Crippen molar-refractivity contribution < 1.29 is 4.92 Å². The molecule has 27 heavy (non-hydrogen) atoms. The second kappa shape index (κ2) is 7.08. The first-order valence-electron chi connectivity index (χ1n) is 9.00. The number of anilines is 1. The van der Waals surface area contributed by atoms with Crippen LogP contribution in [-0.2, 0) is 0 Å². The van der Waals surface area contributed by atoms with Crippen LogP contribution in [0.3, 0.4) is 0 Å². The summed E-state index contributed by atoms with van der Waals surface area (Å²) in [6.45, 7) is 1.69. The average molecular weight is 356 g/mol. The molecule has 0 saturated heterocycles. The number of nitro groups is 1. The summed E-state index contributed by atoms with van der Waals surface area (Å²) in [4.78, 5) is 13.7. The molecular formula is C23H20N2O2. The van der Waals surface area contributed by atoms with E-state index in [2.05, 4.69) is 11.0 Å². The van der Waals surface area contributed by atoms with Crippen LogP contribution in [0, 0.1) is 10.1 Å². The van der Waals surface area contributed by atoms with Gasteiger partial charge in [0.25, 0.3) is 0 Å². The Morgan fingerprint density at radius 3 is 2.15 bits per heavy atom. The van der Waals surface area contributed by atoms with Crippen molar-refractivity contribution in [1.29, 1.82) is 0 Å². The minimum atomic E-state index is -0.765. The van der Waals surface area contributed by atoms with Gasteiger partial charge in [0, 0.05) is 23.2 Å². The molecule has 4 rings (SSSR count). The maximum Gasteiger partial charge on any atom is 0.234 e. The highest BCUT2D eigenvalue weighted by molar-refractivity contribution is 5.93. The summed E-state index contributed by atoms with van der Waals surface area (Å²) in [5, 5.41) is 11.8. The highest BCUT2D eigenvalue weighted by Crippen LogP contribution is 2.43. The van der Waals surface area contributed by atoms with Crippen LogP contribution in [0.5, 0.6) is 0 Å². The molecule has 0 radical (unpaired) electrons. The molecule has 1 aliphatic rings. The summed E-state index contributed by atoms with van der Waals surface area (Å²) >= 11 is 0. The van der Waals surface area contributed by atoms with Gasteiger partial charge in [-0.05, 0) is 34.9 Å². The SMILES string of the molecule is CC(C1c2ccccc2C=C(c2ccccc2)N1c1ccccc1)[N+](=O)[O-]. The monoisotopic (exact) mass is 356 g/mol. The fourth-order valence-electron chi connectivity index (χ4n) is 3.73. The molecule has 4 nitrogen and oxygen atoms in total. The second-order valence-electron chi connectivity index (χ2n) is 6.70. The van der Waals surface area contributed by atoms with Gasteiger partial charge < -0.3 is 4.90 Å². The van der Waals surface area contributed by atoms with Crippen molar-refractivity contribution >= 4 is 17.5 Å². The van der Waals surface area contributed by atoms with E-state index in [1.165, 1.54) is 0 Å². The zero-order valence-electron chi connectivity index (χ0n) is 15.0. The second-order valence-corrected chi connectivity index (χ2v) is 6.70. The van der Waals surface area contributed by atoms with Crippen LogP contribution in [0.25, 0.3) is 11.8 Å². The molecular weight excluding hydrogens is 336 g/mol. The van der Waals surface area contributed by atoms with Crippen LogP contribution in [0.4, 0.5) is 5.69 Å². The van der Waals surface area contributed by atoms with E-state index in [-0.39, 0.29) is 11.0 Å². The number of nitrogens with zero attached hydrogens (tertiary/aromatic N) is 2. The highest BCUT2D eigenvalue weighted by Gasteiger charge is 2.39. The lowest BCUT2D eigenvalue weighted by Gasteiger charge is -2.39. The highest BCUT2D eigenvalue weighted by atomic mass is 16.6. The van der Waals surface area contributed by atoms with Crippen molar-refractivity contribution in [3.05, 3.63) is 112 Å². The Balaban J connectivity index is 1.98. The minimum absolute atomic E-state index is 0.189. The normalized spacial score (nSPS) is 17.0. The van der Waals surface area contributed by atoms with Gasteiger partial charge in [0.05, 0.1) is 0 Å². The lowest BCUT2D eigenvalue weighted by atomic mass is 9.88. The molecule has 0 bridgehead atoms. The van der Waals surface area contributed by atoms with Crippen molar-refractivity contribution in [2.45, 2.75) is 19.0 Å². The van der Waals surface area contributed by atoms with Crippen molar-refractivity contribution in [1.82, 2.24) is 0 Å². The number of benzene rings is 3. The van der Waals surface area contributed by atoms with E-state index in [1.807, 2.05) is 84.9 Å². The third kappa shape index (κ3) is 3.10. The van der Waals surface area contributed by atoms with E-state index in [9.17, 15) is 10.1 Å². The first-order valence-corrected chi connectivity index (χ1v) is 9.00. The molecule has 0 aromatic heterocycles. The van der Waals surface area contributed by atoms with Crippen molar-refractivity contribution in [2.75, 3.05) is 4.90 Å². The molecule has 0 N–H and O–H groups in total. The Bertz CT molecular complexity index is 984. The molecule has 3 aromatic carbocycles. The van der Waals surface area contributed by atoms with Crippen LogP contribution in [0.15, 0.2) is 84.9 Å². The van der Waals surface area contributed by atoms with Gasteiger partial charge in [0.2, 0.25) is 6.04 Å². The van der Waals surface area contributed by atoms with Crippen LogP contribution in [0.1, 0.15) is 29.7 Å². The Labute approximate surface area is 158 Å². The van der Waals surface area contributed by atoms with E-state index >= 15 is 0 Å². The van der Waals surface area contributed by atoms with Crippen LogP contribution < -0.4 is 4.90 Å². The van der Waals surface area contributed by atoms with Gasteiger partial charge in [-0.2, -0.15) is 0 Å². The fraction of sp³-hybridized carbons (Fsp3) is 0.130. The molecule has 2 unspecified atom stereocenters. The van der Waals surface area contributed by atoms with Gasteiger partial charge in [-0.3, -0.25) is 10.1 Å². The van der Waals surface area contributed by atoms with Gasteiger partial charge in [0.1, 0.15) is 6.04 Å². The van der Waals surface area contributed by atoms with Crippen LogP contribution in [0.2, 0.25) is 0 Å². The Morgan fingerprint density at radius 2 is 1.48 bits per heavy atom. The van der Waals surface area contributed by atoms with E-state index < -0.39 is 6.04 Å². The molecule has 0 aliphatic carbocycles. The van der Waals surface area contributed by atoms with Gasteiger partial charge in [-0.15, -0.1) is 0 Å². The lowest BCUT2D eigenvalue weighted by Crippen LogP contribution is -2.40. The molecule has 1 aliphatic heterocycles. The topological polar surface area (TPSA) is 46.4 Å². The number of rotatable bonds is 4. The van der Waals surface area contributed by atoms with Crippen molar-refractivity contribution in [3.63, 3.8) is 0 Å². The van der Waals surface area contributed by atoms with Gasteiger partial charge >= 0.3 is 0 Å². The van der Waals surface area contributed by atoms with E-state index in [1.54, 1.807) is 6.92 Å². The molecule has 4 heteroatoms. The van der Waals surface area contributed by atoms with Gasteiger partial charge in [0.15, 0.2) is 0 Å². The molecule has 3 aromatic rings. The maximum atomic E-state index is 11.8. The lowest BCUT2D eigenvalue weighted by molar-refractivity contribution is -0.522. The zero-order valence-corrected chi connectivity index (χ0v) is 15.0. The average Bonchev–Trinajstić information content (AvgIpc) is 2.73. The first kappa shape index (κ1) is 17.0. The van der Waals surface area contributed by atoms with Crippen LogP contribution >= 0.6 is 0 Å². The predicted octanol–water partition coefficient (Wildman–Crippen LogP) is 5.41. The van der Waals surface area contributed by atoms with Crippen LogP contribution in [-0.4, -0.2) is 11.0 Å². The van der Waals surface area contributed by atoms with Crippen molar-refractivity contribution in [3.8, 4) is 0 Å². The summed E-state index contributed by atoms with van der Waals surface area (Å²) in [5.74, 6) is 0. The smallest absolute Gasteiger partial charge is 0.234 e. The van der Waals surface area contributed by atoms with E-state index in [0.717, 1.165) is 28.1 Å². The summed E-state index contributed by atoms with van der Waals surface area (Å²) in [7, 11) is 0. The summed E-state index contributed by atoms with van der Waals surface area (Å²) < 4.78 is 0. The third-order valence-corrected chi connectivity index (χ3v) is 5.04. The zero-order chi connectivity index (χ0) is 18.8. The van der Waals surface area contributed by atoms with Crippen molar-refractivity contribution in [2.24, 2.45) is 0 Å². The predicted molar refractivity (Wildman–Crippen MR) is 109 cm³/mol. The van der Waals surface area contributed by atoms with E-state index in [0.29, 0.717) is 0 Å². The fourth-order valence-corrected chi connectivity index (χ4v) is 3.73. The largest absolute Gasteiger partial charge is 0.326 e. The molecule has 134 valence electrons. The van der Waals surface area contributed by atoms with E-state index in [4.69, 9.17) is 0 Å². The first-order chi connectivity index (χ1) is 13.2. The number of fused-ring (bicyclic) bond motifs is 1. The minimum Gasteiger partial charge on any atom is -0.326 e. The Hall–Kier alpha value is -3.40. The molecule has 1 heterocycles. The molecule has 0 saturated carbocycles. The molecule has 0 spiro atoms. The van der Waals surface area contributed by atoms with Gasteiger partial charge in [-0.1, -0.05) is 72.8 Å². The quantitative estimate of drug-likeness (QED) is 0.464.